The number of hydrogen-bond acceptors (Lipinski definition) is 4. The molecule has 0 spiro atoms. The van der Waals surface area contributed by atoms with Crippen LogP contribution in [0.1, 0.15) is 30.6 Å². The maximum absolute atomic E-state index is 12.5. The molecule has 1 aliphatic rings. The number of benzene rings is 1. The van der Waals surface area contributed by atoms with Crippen molar-refractivity contribution < 1.29 is 13.9 Å². The zero-order chi connectivity index (χ0) is 18.5. The van der Waals surface area contributed by atoms with Crippen LogP contribution in [0.2, 0.25) is 0 Å². The van der Waals surface area contributed by atoms with Crippen molar-refractivity contribution in [3.05, 3.63) is 62.6 Å². The van der Waals surface area contributed by atoms with E-state index in [1.807, 2.05) is 29.2 Å². The Kier molecular flexibility index (Phi) is 6.14. The third-order valence-electron chi connectivity index (χ3n) is 4.53. The Morgan fingerprint density at radius 1 is 1.27 bits per heavy atom. The van der Waals surface area contributed by atoms with Crippen LogP contribution in [0.4, 0.5) is 0 Å². The summed E-state index contributed by atoms with van der Waals surface area (Å²) in [5, 5.41) is 0. The summed E-state index contributed by atoms with van der Waals surface area (Å²) in [6.45, 7) is 3.08. The Hall–Kier alpha value is -2.08. The van der Waals surface area contributed by atoms with E-state index < -0.39 is 5.63 Å². The monoisotopic (exact) mass is 419 g/mol. The molecule has 0 radical (unpaired) electrons. The highest BCUT2D eigenvalue weighted by Gasteiger charge is 2.24. The molecule has 2 heterocycles. The molecule has 6 heteroatoms. The Labute approximate surface area is 161 Å². The molecule has 2 aromatic rings. The standard InChI is InChI=1S/C20H22BrNO4/c1-14-12-17(13-20(24)25-14)26-16-8-10-22(11-9-16)19(23)7-6-15-4-2-3-5-18(15)21/h2-5,12-13,16H,6-11H2,1H3. The quantitative estimate of drug-likeness (QED) is 0.740. The van der Waals surface area contributed by atoms with E-state index in [2.05, 4.69) is 15.9 Å². The second-order valence-corrected chi connectivity index (χ2v) is 7.37. The van der Waals surface area contributed by atoms with Gasteiger partial charge in [-0.25, -0.2) is 4.79 Å². The van der Waals surface area contributed by atoms with Crippen molar-refractivity contribution in [2.45, 2.75) is 38.7 Å². The molecule has 0 atom stereocenters. The number of nitrogens with zero attached hydrogens (tertiary/aromatic N) is 1. The number of carbonyl (C=O) groups is 1. The van der Waals surface area contributed by atoms with Gasteiger partial charge in [0.05, 0.1) is 6.07 Å². The van der Waals surface area contributed by atoms with Gasteiger partial charge in [-0.3, -0.25) is 4.79 Å². The molecular weight excluding hydrogens is 398 g/mol. The van der Waals surface area contributed by atoms with Crippen LogP contribution in [0.15, 0.2) is 50.1 Å². The molecule has 3 rings (SSSR count). The van der Waals surface area contributed by atoms with Gasteiger partial charge in [0.1, 0.15) is 17.6 Å². The number of aryl methyl sites for hydroxylation is 2. The number of amides is 1. The molecule has 1 aromatic heterocycles. The number of rotatable bonds is 5. The van der Waals surface area contributed by atoms with E-state index in [-0.39, 0.29) is 12.0 Å². The largest absolute Gasteiger partial charge is 0.490 e. The number of carbonyl (C=O) groups excluding carboxylic acids is 1. The van der Waals surface area contributed by atoms with Gasteiger partial charge in [0.2, 0.25) is 5.91 Å². The summed E-state index contributed by atoms with van der Waals surface area (Å²) in [5.74, 6) is 1.25. The highest BCUT2D eigenvalue weighted by atomic mass is 79.9. The topological polar surface area (TPSA) is 59.8 Å². The summed E-state index contributed by atoms with van der Waals surface area (Å²) in [7, 11) is 0. The van der Waals surface area contributed by atoms with Crippen molar-refractivity contribution in [2.75, 3.05) is 13.1 Å². The van der Waals surface area contributed by atoms with Gasteiger partial charge in [0, 0.05) is 42.9 Å². The summed E-state index contributed by atoms with van der Waals surface area (Å²) in [6.07, 6.45) is 2.78. The lowest BCUT2D eigenvalue weighted by Gasteiger charge is -2.32. The van der Waals surface area contributed by atoms with Gasteiger partial charge in [-0.15, -0.1) is 0 Å². The Bertz CT molecular complexity index is 825. The van der Waals surface area contributed by atoms with Gasteiger partial charge in [0.25, 0.3) is 0 Å². The SMILES string of the molecule is Cc1cc(OC2CCN(C(=O)CCc3ccccc3Br)CC2)cc(=O)o1. The number of hydrogen-bond donors (Lipinski definition) is 0. The second-order valence-electron chi connectivity index (χ2n) is 6.51. The fraction of sp³-hybridized carbons (Fsp3) is 0.400. The number of piperidine rings is 1. The van der Waals surface area contributed by atoms with Crippen molar-refractivity contribution in [3.8, 4) is 5.75 Å². The minimum absolute atomic E-state index is 0.0171. The maximum atomic E-state index is 12.5. The summed E-state index contributed by atoms with van der Waals surface area (Å²) >= 11 is 3.52. The van der Waals surface area contributed by atoms with Crippen molar-refractivity contribution in [2.24, 2.45) is 0 Å². The summed E-state index contributed by atoms with van der Waals surface area (Å²) < 4.78 is 11.9. The van der Waals surface area contributed by atoms with Crippen LogP contribution < -0.4 is 10.4 Å². The number of halogens is 1. The average Bonchev–Trinajstić information content (AvgIpc) is 2.60. The molecule has 5 nitrogen and oxygen atoms in total. The minimum atomic E-state index is -0.403. The molecule has 0 unspecified atom stereocenters. The zero-order valence-corrected chi connectivity index (χ0v) is 16.3. The molecule has 26 heavy (non-hydrogen) atoms. The first-order chi connectivity index (χ1) is 12.5. The van der Waals surface area contributed by atoms with Crippen LogP contribution in [-0.4, -0.2) is 30.0 Å². The minimum Gasteiger partial charge on any atom is -0.490 e. The van der Waals surface area contributed by atoms with E-state index in [4.69, 9.17) is 9.15 Å². The first-order valence-corrected chi connectivity index (χ1v) is 9.60. The van der Waals surface area contributed by atoms with E-state index in [9.17, 15) is 9.59 Å². The van der Waals surface area contributed by atoms with Crippen LogP contribution in [0.3, 0.4) is 0 Å². The normalized spacial score (nSPS) is 15.1. The van der Waals surface area contributed by atoms with E-state index in [1.165, 1.54) is 6.07 Å². The van der Waals surface area contributed by atoms with Crippen LogP contribution in [-0.2, 0) is 11.2 Å². The summed E-state index contributed by atoms with van der Waals surface area (Å²) in [5.41, 5.74) is 0.747. The third kappa shape index (κ3) is 4.97. The highest BCUT2D eigenvalue weighted by molar-refractivity contribution is 9.10. The molecule has 1 saturated heterocycles. The first-order valence-electron chi connectivity index (χ1n) is 8.81. The number of ether oxygens (including phenoxy) is 1. The van der Waals surface area contributed by atoms with Crippen molar-refractivity contribution in [1.29, 1.82) is 0 Å². The van der Waals surface area contributed by atoms with Crippen molar-refractivity contribution in [1.82, 2.24) is 4.90 Å². The molecule has 1 amide bonds. The lowest BCUT2D eigenvalue weighted by Crippen LogP contribution is -2.41. The molecule has 0 N–H and O–H groups in total. The highest BCUT2D eigenvalue weighted by Crippen LogP contribution is 2.21. The lowest BCUT2D eigenvalue weighted by atomic mass is 10.1. The van der Waals surface area contributed by atoms with Gasteiger partial charge in [-0.1, -0.05) is 34.1 Å². The van der Waals surface area contributed by atoms with Gasteiger partial charge < -0.3 is 14.1 Å². The zero-order valence-electron chi connectivity index (χ0n) is 14.7. The third-order valence-corrected chi connectivity index (χ3v) is 5.30. The van der Waals surface area contributed by atoms with E-state index in [0.29, 0.717) is 31.0 Å². The van der Waals surface area contributed by atoms with Gasteiger partial charge in [-0.2, -0.15) is 0 Å². The maximum Gasteiger partial charge on any atom is 0.339 e. The molecule has 138 valence electrons. The Balaban J connectivity index is 1.47. The second kappa shape index (κ2) is 8.54. The van der Waals surface area contributed by atoms with Crippen LogP contribution >= 0.6 is 15.9 Å². The van der Waals surface area contributed by atoms with Gasteiger partial charge >= 0.3 is 5.63 Å². The predicted molar refractivity (Wildman–Crippen MR) is 102 cm³/mol. The average molecular weight is 420 g/mol. The van der Waals surface area contributed by atoms with E-state index in [1.54, 1.807) is 13.0 Å². The van der Waals surface area contributed by atoms with Crippen molar-refractivity contribution in [3.63, 3.8) is 0 Å². The van der Waals surface area contributed by atoms with E-state index in [0.717, 1.165) is 29.3 Å². The summed E-state index contributed by atoms with van der Waals surface area (Å²) in [6, 6.07) is 11.1. The molecule has 0 saturated carbocycles. The molecule has 0 aliphatic carbocycles. The first kappa shape index (κ1) is 18.7. The van der Waals surface area contributed by atoms with Crippen LogP contribution in [0.25, 0.3) is 0 Å². The molecule has 1 aromatic carbocycles. The fourth-order valence-electron chi connectivity index (χ4n) is 3.16. The van der Waals surface area contributed by atoms with Gasteiger partial charge in [-0.05, 0) is 25.0 Å². The molecule has 1 fully saturated rings. The van der Waals surface area contributed by atoms with Crippen LogP contribution in [0.5, 0.6) is 5.75 Å². The lowest BCUT2D eigenvalue weighted by molar-refractivity contribution is -0.132. The van der Waals surface area contributed by atoms with E-state index >= 15 is 0 Å². The Morgan fingerprint density at radius 2 is 2.00 bits per heavy atom. The smallest absolute Gasteiger partial charge is 0.339 e. The predicted octanol–water partition coefficient (Wildman–Crippen LogP) is 3.71. The molecular formula is C20H22BrNO4. The molecule has 1 aliphatic heterocycles. The fourth-order valence-corrected chi connectivity index (χ4v) is 3.64. The number of likely N-dealkylation sites (tertiary alicyclic amines) is 1. The van der Waals surface area contributed by atoms with Gasteiger partial charge in [0.15, 0.2) is 0 Å². The van der Waals surface area contributed by atoms with Crippen molar-refractivity contribution >= 4 is 21.8 Å². The Morgan fingerprint density at radius 3 is 2.69 bits per heavy atom. The molecule has 0 bridgehead atoms. The summed E-state index contributed by atoms with van der Waals surface area (Å²) in [4.78, 5) is 25.8. The van der Waals surface area contributed by atoms with Crippen LogP contribution in [0, 0.1) is 6.92 Å².